The molecule has 39 heavy (non-hydrogen) atoms. The summed E-state index contributed by atoms with van der Waals surface area (Å²) >= 11 is 0. The van der Waals surface area contributed by atoms with E-state index in [-0.39, 0.29) is 11.9 Å². The highest BCUT2D eigenvalue weighted by Gasteiger charge is 2.38. The number of carbonyl (C=O) groups is 2. The largest absolute Gasteiger partial charge is 0.371 e. The summed E-state index contributed by atoms with van der Waals surface area (Å²) in [6, 6.07) is 16.3. The molecule has 0 N–H and O–H groups in total. The first-order valence-corrected chi connectivity index (χ1v) is 14.0. The number of aromatic nitrogens is 3. The van der Waals surface area contributed by atoms with E-state index in [1.54, 1.807) is 4.57 Å². The summed E-state index contributed by atoms with van der Waals surface area (Å²) in [5.74, 6) is 0.172. The van der Waals surface area contributed by atoms with Crippen molar-refractivity contribution in [1.82, 2.24) is 19.0 Å². The third kappa shape index (κ3) is 4.18. The first kappa shape index (κ1) is 24.0. The molecule has 0 aliphatic carbocycles. The predicted octanol–water partition coefficient (Wildman–Crippen LogP) is 5.04. The maximum absolute atomic E-state index is 13.4. The Bertz CT molecular complexity index is 1540. The Balaban J connectivity index is 0.998. The van der Waals surface area contributed by atoms with Crippen LogP contribution in [-0.4, -0.2) is 57.1 Å². The summed E-state index contributed by atoms with van der Waals surface area (Å²) < 4.78 is 3.81. The molecule has 200 valence electrons. The number of pyridine rings is 1. The molecule has 8 nitrogen and oxygen atoms in total. The van der Waals surface area contributed by atoms with Gasteiger partial charge in [-0.3, -0.25) is 19.2 Å². The van der Waals surface area contributed by atoms with Crippen molar-refractivity contribution < 1.29 is 9.59 Å². The highest BCUT2D eigenvalue weighted by Crippen LogP contribution is 2.42. The van der Waals surface area contributed by atoms with Gasteiger partial charge in [0.15, 0.2) is 0 Å². The molecular weight excluding hydrogens is 488 g/mol. The topological polar surface area (TPSA) is 66.6 Å². The van der Waals surface area contributed by atoms with Gasteiger partial charge in [-0.15, -0.1) is 0 Å². The Kier molecular flexibility index (Phi) is 5.72. The highest BCUT2D eigenvalue weighted by molar-refractivity contribution is 5.99. The Morgan fingerprint density at radius 1 is 0.897 bits per heavy atom. The Morgan fingerprint density at radius 2 is 1.64 bits per heavy atom. The van der Waals surface area contributed by atoms with Gasteiger partial charge in [-0.1, -0.05) is 6.07 Å². The molecular formula is C31H34N6O2. The summed E-state index contributed by atoms with van der Waals surface area (Å²) in [5, 5.41) is 1.08. The number of aryl methyl sites for hydroxylation is 1. The zero-order chi connectivity index (χ0) is 26.6. The van der Waals surface area contributed by atoms with Crippen molar-refractivity contribution in [2.45, 2.75) is 45.7 Å². The lowest BCUT2D eigenvalue weighted by Crippen LogP contribution is -2.48. The third-order valence-corrected chi connectivity index (χ3v) is 9.30. The van der Waals surface area contributed by atoms with Gasteiger partial charge >= 0.3 is 6.03 Å². The van der Waals surface area contributed by atoms with E-state index in [0.717, 1.165) is 67.0 Å². The fourth-order valence-electron chi connectivity index (χ4n) is 6.79. The lowest BCUT2D eigenvalue weighted by atomic mass is 9.71. The second-order valence-electron chi connectivity index (χ2n) is 11.4. The van der Waals surface area contributed by atoms with Crippen LogP contribution in [-0.2, 0) is 17.9 Å². The molecule has 0 unspecified atom stereocenters. The molecule has 0 radical (unpaired) electrons. The molecule has 1 spiro atoms. The van der Waals surface area contributed by atoms with E-state index in [0.29, 0.717) is 18.5 Å². The monoisotopic (exact) mass is 522 g/mol. The molecule has 2 saturated heterocycles. The second-order valence-corrected chi connectivity index (χ2v) is 11.4. The summed E-state index contributed by atoms with van der Waals surface area (Å²) in [5.41, 5.74) is 5.42. The van der Waals surface area contributed by atoms with Gasteiger partial charge in [0.2, 0.25) is 5.91 Å². The van der Waals surface area contributed by atoms with Crippen molar-refractivity contribution in [3.05, 3.63) is 78.5 Å². The lowest BCUT2D eigenvalue weighted by Gasteiger charge is -2.47. The second kappa shape index (κ2) is 9.29. The van der Waals surface area contributed by atoms with Crippen LogP contribution in [0.15, 0.2) is 67.1 Å². The van der Waals surface area contributed by atoms with Gasteiger partial charge in [-0.2, -0.15) is 0 Å². The average molecular weight is 523 g/mol. The minimum Gasteiger partial charge on any atom is -0.371 e. The van der Waals surface area contributed by atoms with Gasteiger partial charge in [0, 0.05) is 67.5 Å². The maximum Gasteiger partial charge on any atom is 0.333 e. The minimum absolute atomic E-state index is 0.0186. The van der Waals surface area contributed by atoms with Crippen LogP contribution < -0.4 is 9.80 Å². The van der Waals surface area contributed by atoms with Gasteiger partial charge in [0.1, 0.15) is 6.54 Å². The van der Waals surface area contributed by atoms with Crippen LogP contribution in [0.5, 0.6) is 0 Å². The van der Waals surface area contributed by atoms with E-state index < -0.39 is 0 Å². The molecule has 3 aliphatic heterocycles. The van der Waals surface area contributed by atoms with Crippen LogP contribution in [0, 0.1) is 12.3 Å². The predicted molar refractivity (Wildman–Crippen MR) is 152 cm³/mol. The highest BCUT2D eigenvalue weighted by atomic mass is 16.2. The van der Waals surface area contributed by atoms with E-state index in [4.69, 9.17) is 0 Å². The van der Waals surface area contributed by atoms with E-state index in [1.807, 2.05) is 71.4 Å². The zero-order valence-electron chi connectivity index (χ0n) is 22.4. The summed E-state index contributed by atoms with van der Waals surface area (Å²) in [6.07, 6.45) is 10.2. The molecule has 2 amide bonds. The van der Waals surface area contributed by atoms with Crippen LogP contribution in [0.2, 0.25) is 0 Å². The number of likely N-dealkylation sites (tertiary alicyclic amines) is 1. The van der Waals surface area contributed by atoms with Crippen molar-refractivity contribution in [3.8, 4) is 0 Å². The fourth-order valence-corrected chi connectivity index (χ4v) is 6.79. The molecule has 3 aliphatic rings. The van der Waals surface area contributed by atoms with Crippen molar-refractivity contribution in [2.24, 2.45) is 5.41 Å². The van der Waals surface area contributed by atoms with Gasteiger partial charge in [0.25, 0.3) is 0 Å². The number of rotatable bonds is 4. The van der Waals surface area contributed by atoms with Crippen LogP contribution in [0.25, 0.3) is 10.9 Å². The first-order valence-electron chi connectivity index (χ1n) is 14.0. The van der Waals surface area contributed by atoms with Gasteiger partial charge < -0.3 is 14.4 Å². The van der Waals surface area contributed by atoms with Gasteiger partial charge in [-0.25, -0.2) is 4.79 Å². The Hall–Kier alpha value is -4.07. The molecule has 8 heteroatoms. The minimum atomic E-state index is -0.0186. The van der Waals surface area contributed by atoms with E-state index in [2.05, 4.69) is 26.9 Å². The number of anilines is 2. The van der Waals surface area contributed by atoms with E-state index in [9.17, 15) is 9.59 Å². The smallest absolute Gasteiger partial charge is 0.333 e. The molecule has 3 aromatic heterocycles. The molecule has 1 aromatic carbocycles. The lowest BCUT2D eigenvalue weighted by molar-refractivity contribution is -0.134. The summed E-state index contributed by atoms with van der Waals surface area (Å²) in [4.78, 5) is 36.9. The van der Waals surface area contributed by atoms with Gasteiger partial charge in [-0.05, 0) is 85.9 Å². The number of fused-ring (bicyclic) bond motifs is 2. The number of piperidine rings is 2. The molecule has 0 atom stereocenters. The number of hydrogen-bond acceptors (Lipinski definition) is 4. The van der Waals surface area contributed by atoms with Crippen LogP contribution in [0.1, 0.15) is 37.1 Å². The summed E-state index contributed by atoms with van der Waals surface area (Å²) in [7, 11) is 0. The Morgan fingerprint density at radius 3 is 2.38 bits per heavy atom. The standard InChI is InChI=1S/C31H34N6O2/c1-23-2-4-27-21-36(30(39)37(23)27)26-5-3-24-8-15-35(28(24)20-26)22-29(38)34-18-11-31(12-19-34)9-16-33(17-10-31)25-6-13-32-14-7-25/h2-8,13-15,20H,9-12,16-19,21-22H2,1H3. The molecule has 7 rings (SSSR count). The molecule has 0 bridgehead atoms. The normalized spacial score (nSPS) is 18.8. The molecule has 0 saturated carbocycles. The van der Waals surface area contributed by atoms with Crippen LogP contribution in [0.4, 0.5) is 16.2 Å². The number of nitrogens with zero attached hydrogens (tertiary/aromatic N) is 6. The summed E-state index contributed by atoms with van der Waals surface area (Å²) in [6.45, 7) is 6.65. The molecule has 6 heterocycles. The number of benzene rings is 1. The number of hydrogen-bond donors (Lipinski definition) is 0. The molecule has 4 aromatic rings. The number of amides is 2. The SMILES string of the molecule is Cc1ccc2n1C(=O)N(c1ccc3ccn(CC(=O)N4CCC5(CC4)CCN(c4ccncc4)CC5)c3c1)C2. The van der Waals surface area contributed by atoms with Crippen LogP contribution in [0.3, 0.4) is 0 Å². The number of carbonyl (C=O) groups excluding carboxylic acids is 2. The maximum atomic E-state index is 13.4. The van der Waals surface area contributed by atoms with Crippen LogP contribution >= 0.6 is 0 Å². The van der Waals surface area contributed by atoms with Crippen molar-refractivity contribution in [1.29, 1.82) is 0 Å². The van der Waals surface area contributed by atoms with Gasteiger partial charge in [0.05, 0.1) is 12.1 Å². The average Bonchev–Trinajstić information content (AvgIpc) is 3.64. The quantitative estimate of drug-likeness (QED) is 0.377. The first-order chi connectivity index (χ1) is 19.0. The van der Waals surface area contributed by atoms with Crippen molar-refractivity contribution >= 4 is 34.2 Å². The third-order valence-electron chi connectivity index (χ3n) is 9.30. The fraction of sp³-hybridized carbons (Fsp3) is 0.387. The molecule has 2 fully saturated rings. The van der Waals surface area contributed by atoms with E-state index >= 15 is 0 Å². The zero-order valence-corrected chi connectivity index (χ0v) is 22.4. The Labute approximate surface area is 228 Å². The van der Waals surface area contributed by atoms with Crippen molar-refractivity contribution in [3.63, 3.8) is 0 Å². The van der Waals surface area contributed by atoms with E-state index in [1.165, 1.54) is 18.5 Å². The van der Waals surface area contributed by atoms with Crippen molar-refractivity contribution in [2.75, 3.05) is 36.0 Å².